The average molecular weight is 171 g/mol. The zero-order valence-corrected chi connectivity index (χ0v) is 6.61. The maximum absolute atomic E-state index is 10.6. The fourth-order valence-electron chi connectivity index (χ4n) is 1.24. The van der Waals surface area contributed by atoms with Crippen LogP contribution in [0.25, 0.3) is 11.0 Å². The van der Waals surface area contributed by atoms with Gasteiger partial charge in [-0.3, -0.25) is 4.79 Å². The summed E-state index contributed by atoms with van der Waals surface area (Å²) in [5, 5.41) is 8.73. The number of aromatic amines is 1. The molecule has 0 atom stereocenters. The molecule has 0 radical (unpaired) electrons. The van der Waals surface area contributed by atoms with E-state index >= 15 is 0 Å². The Hall–Kier alpha value is -2.15. The van der Waals surface area contributed by atoms with Gasteiger partial charge in [0.2, 0.25) is 0 Å². The van der Waals surface area contributed by atoms with Gasteiger partial charge in [-0.1, -0.05) is 0 Å². The summed E-state index contributed by atoms with van der Waals surface area (Å²) in [6.07, 6.45) is 2.20. The molecule has 1 aromatic heterocycles. The second-order valence-corrected chi connectivity index (χ2v) is 2.56. The molecule has 0 aliphatic rings. The van der Waals surface area contributed by atoms with Crippen molar-refractivity contribution >= 4 is 17.3 Å². The summed E-state index contributed by atoms with van der Waals surface area (Å²) in [6, 6.07) is 5.21. The first-order valence-electron chi connectivity index (χ1n) is 3.68. The van der Waals surface area contributed by atoms with Gasteiger partial charge in [0.05, 0.1) is 17.4 Å². The highest BCUT2D eigenvalue weighted by Crippen LogP contribution is 2.17. The maximum Gasteiger partial charge on any atom is 0.152 e. The van der Waals surface area contributed by atoms with E-state index in [1.165, 1.54) is 6.33 Å². The van der Waals surface area contributed by atoms with Crippen LogP contribution in [0.5, 0.6) is 0 Å². The molecule has 0 amide bonds. The number of aromatic nitrogens is 2. The summed E-state index contributed by atoms with van der Waals surface area (Å²) in [5.74, 6) is 0. The predicted molar refractivity (Wildman–Crippen MR) is 46.2 cm³/mol. The third-order valence-corrected chi connectivity index (χ3v) is 1.86. The highest BCUT2D eigenvalue weighted by Gasteiger charge is 2.06. The quantitative estimate of drug-likeness (QED) is 0.656. The van der Waals surface area contributed by atoms with Crippen LogP contribution in [0.3, 0.4) is 0 Å². The first-order valence-corrected chi connectivity index (χ1v) is 3.68. The minimum Gasteiger partial charge on any atom is -0.343 e. The molecule has 0 saturated heterocycles. The van der Waals surface area contributed by atoms with Crippen molar-refractivity contribution in [1.82, 2.24) is 9.97 Å². The SMILES string of the molecule is N#Cc1ccc(C=O)c2nc[nH]c12. The highest BCUT2D eigenvalue weighted by molar-refractivity contribution is 5.96. The molecule has 0 saturated carbocycles. The van der Waals surface area contributed by atoms with Crippen LogP contribution < -0.4 is 0 Å². The number of carbonyl (C=O) groups is 1. The lowest BCUT2D eigenvalue weighted by atomic mass is 10.1. The lowest BCUT2D eigenvalue weighted by Gasteiger charge is -1.94. The van der Waals surface area contributed by atoms with Crippen molar-refractivity contribution in [2.45, 2.75) is 0 Å². The zero-order chi connectivity index (χ0) is 9.26. The number of fused-ring (bicyclic) bond motifs is 1. The van der Waals surface area contributed by atoms with E-state index in [-0.39, 0.29) is 0 Å². The van der Waals surface area contributed by atoms with E-state index in [9.17, 15) is 4.79 Å². The van der Waals surface area contributed by atoms with Crippen molar-refractivity contribution < 1.29 is 4.79 Å². The molecule has 2 rings (SSSR count). The second-order valence-electron chi connectivity index (χ2n) is 2.56. The topological polar surface area (TPSA) is 69.5 Å². The van der Waals surface area contributed by atoms with Gasteiger partial charge in [0, 0.05) is 5.56 Å². The standard InChI is InChI=1S/C9H5N3O/c10-3-6-1-2-7(4-13)9-8(6)11-5-12-9/h1-2,4-5H,(H,11,12). The van der Waals surface area contributed by atoms with E-state index in [1.54, 1.807) is 12.1 Å². The molecule has 0 aliphatic carbocycles. The predicted octanol–water partition coefficient (Wildman–Crippen LogP) is 1.25. The number of H-pyrrole nitrogens is 1. The van der Waals surface area contributed by atoms with E-state index in [0.29, 0.717) is 22.2 Å². The molecular weight excluding hydrogens is 166 g/mol. The molecule has 0 aliphatic heterocycles. The normalized spacial score (nSPS) is 9.77. The van der Waals surface area contributed by atoms with Crippen molar-refractivity contribution in [2.24, 2.45) is 0 Å². The molecule has 4 heteroatoms. The third kappa shape index (κ3) is 0.983. The second kappa shape index (κ2) is 2.72. The number of aldehydes is 1. The van der Waals surface area contributed by atoms with Crippen LogP contribution in [0, 0.1) is 11.3 Å². The van der Waals surface area contributed by atoms with Gasteiger partial charge in [0.25, 0.3) is 0 Å². The number of rotatable bonds is 1. The average Bonchev–Trinajstić information content (AvgIpc) is 2.64. The van der Waals surface area contributed by atoms with E-state index in [4.69, 9.17) is 5.26 Å². The molecule has 0 unspecified atom stereocenters. The first-order chi connectivity index (χ1) is 6.36. The summed E-state index contributed by atoms with van der Waals surface area (Å²) >= 11 is 0. The summed E-state index contributed by atoms with van der Waals surface area (Å²) in [5.41, 5.74) is 2.16. The van der Waals surface area contributed by atoms with Crippen LogP contribution in [0.4, 0.5) is 0 Å². The van der Waals surface area contributed by atoms with Gasteiger partial charge in [-0.05, 0) is 12.1 Å². The summed E-state index contributed by atoms with van der Waals surface area (Å²) in [4.78, 5) is 17.4. The summed E-state index contributed by atoms with van der Waals surface area (Å²) < 4.78 is 0. The van der Waals surface area contributed by atoms with E-state index in [1.807, 2.05) is 6.07 Å². The Morgan fingerprint density at radius 3 is 3.08 bits per heavy atom. The molecule has 1 heterocycles. The molecule has 62 valence electrons. The van der Waals surface area contributed by atoms with Crippen molar-refractivity contribution in [1.29, 1.82) is 5.26 Å². The number of nitrogens with one attached hydrogen (secondary N) is 1. The minimum atomic E-state index is 0.496. The molecule has 1 N–H and O–H groups in total. The molecule has 13 heavy (non-hydrogen) atoms. The number of hydrogen-bond donors (Lipinski definition) is 1. The number of nitrogens with zero attached hydrogens (tertiary/aromatic N) is 2. The minimum absolute atomic E-state index is 0.496. The largest absolute Gasteiger partial charge is 0.343 e. The maximum atomic E-state index is 10.6. The molecule has 2 aromatic rings. The van der Waals surface area contributed by atoms with Crippen molar-refractivity contribution in [3.63, 3.8) is 0 Å². The van der Waals surface area contributed by atoms with E-state index < -0.39 is 0 Å². The molecule has 0 bridgehead atoms. The Labute approximate surface area is 73.8 Å². The number of carbonyl (C=O) groups excluding carboxylic acids is 1. The van der Waals surface area contributed by atoms with Gasteiger partial charge in [0.1, 0.15) is 11.6 Å². The molecule has 0 fully saturated rings. The Morgan fingerprint density at radius 2 is 2.38 bits per heavy atom. The Bertz CT molecular complexity index is 507. The van der Waals surface area contributed by atoms with E-state index in [2.05, 4.69) is 9.97 Å². The van der Waals surface area contributed by atoms with Gasteiger partial charge in [-0.2, -0.15) is 5.26 Å². The smallest absolute Gasteiger partial charge is 0.152 e. The number of nitriles is 1. The monoisotopic (exact) mass is 171 g/mol. The van der Waals surface area contributed by atoms with Crippen molar-refractivity contribution in [2.75, 3.05) is 0 Å². The summed E-state index contributed by atoms with van der Waals surface area (Å²) in [6.45, 7) is 0. The lowest BCUT2D eigenvalue weighted by molar-refractivity contribution is 0.112. The van der Waals surface area contributed by atoms with Crippen LogP contribution in [0.15, 0.2) is 18.5 Å². The fraction of sp³-hybridized carbons (Fsp3) is 0. The first kappa shape index (κ1) is 7.50. The lowest BCUT2D eigenvalue weighted by Crippen LogP contribution is -1.85. The van der Waals surface area contributed by atoms with Gasteiger partial charge >= 0.3 is 0 Å². The molecular formula is C9H5N3O. The Kier molecular flexibility index (Phi) is 1.57. The molecule has 1 aromatic carbocycles. The Balaban J connectivity index is 2.91. The van der Waals surface area contributed by atoms with Gasteiger partial charge in [0.15, 0.2) is 6.29 Å². The van der Waals surface area contributed by atoms with Crippen LogP contribution in [-0.4, -0.2) is 16.3 Å². The highest BCUT2D eigenvalue weighted by atomic mass is 16.1. The van der Waals surface area contributed by atoms with Crippen LogP contribution >= 0.6 is 0 Å². The van der Waals surface area contributed by atoms with Crippen LogP contribution in [-0.2, 0) is 0 Å². The van der Waals surface area contributed by atoms with Crippen LogP contribution in [0.1, 0.15) is 15.9 Å². The van der Waals surface area contributed by atoms with Crippen LogP contribution in [0.2, 0.25) is 0 Å². The third-order valence-electron chi connectivity index (χ3n) is 1.86. The van der Waals surface area contributed by atoms with Gasteiger partial charge < -0.3 is 4.98 Å². The molecule has 0 spiro atoms. The fourth-order valence-corrected chi connectivity index (χ4v) is 1.24. The Morgan fingerprint density at radius 1 is 1.54 bits per heavy atom. The summed E-state index contributed by atoms with van der Waals surface area (Å²) in [7, 11) is 0. The van der Waals surface area contributed by atoms with E-state index in [0.717, 1.165) is 6.29 Å². The number of hydrogen-bond acceptors (Lipinski definition) is 3. The zero-order valence-electron chi connectivity index (χ0n) is 6.61. The number of benzene rings is 1. The van der Waals surface area contributed by atoms with Crippen molar-refractivity contribution in [3.8, 4) is 6.07 Å². The number of imidazole rings is 1. The van der Waals surface area contributed by atoms with Crippen molar-refractivity contribution in [3.05, 3.63) is 29.6 Å². The van der Waals surface area contributed by atoms with Gasteiger partial charge in [-0.25, -0.2) is 4.98 Å². The molecule has 4 nitrogen and oxygen atoms in total. The van der Waals surface area contributed by atoms with Gasteiger partial charge in [-0.15, -0.1) is 0 Å².